The van der Waals surface area contributed by atoms with E-state index in [9.17, 15) is 17.6 Å². The van der Waals surface area contributed by atoms with Crippen molar-refractivity contribution >= 4 is 38.9 Å². The molecule has 2 rings (SSSR count). The van der Waals surface area contributed by atoms with Crippen molar-refractivity contribution in [2.24, 2.45) is 0 Å². The van der Waals surface area contributed by atoms with Crippen molar-refractivity contribution in [3.05, 3.63) is 53.3 Å². The second-order valence-electron chi connectivity index (χ2n) is 5.80. The molecule has 2 aromatic carbocycles. The first-order valence-electron chi connectivity index (χ1n) is 8.06. The van der Waals surface area contributed by atoms with Crippen LogP contribution in [0.2, 0.25) is 5.02 Å². The van der Waals surface area contributed by atoms with E-state index in [1.54, 1.807) is 31.2 Å². The SMILES string of the molecule is CC[C@H](C(=O)Nc1cccc(OC)c1)N(c1ccc(F)c(Cl)c1)S(C)(=O)=O. The van der Waals surface area contributed by atoms with E-state index in [-0.39, 0.29) is 17.1 Å². The molecular weight excluding hydrogens is 395 g/mol. The lowest BCUT2D eigenvalue weighted by atomic mass is 10.1. The van der Waals surface area contributed by atoms with Gasteiger partial charge in [0.15, 0.2) is 0 Å². The first-order chi connectivity index (χ1) is 12.7. The number of amides is 1. The van der Waals surface area contributed by atoms with Gasteiger partial charge in [0.05, 0.1) is 24.1 Å². The molecule has 0 radical (unpaired) electrons. The maximum Gasteiger partial charge on any atom is 0.248 e. The number of methoxy groups -OCH3 is 1. The minimum atomic E-state index is -3.84. The number of halogens is 2. The molecule has 27 heavy (non-hydrogen) atoms. The third-order valence-corrected chi connectivity index (χ3v) is 5.29. The highest BCUT2D eigenvalue weighted by Crippen LogP contribution is 2.28. The molecular formula is C18H20ClFN2O4S. The van der Waals surface area contributed by atoms with Crippen LogP contribution in [-0.4, -0.2) is 33.7 Å². The summed E-state index contributed by atoms with van der Waals surface area (Å²) in [6.07, 6.45) is 1.17. The van der Waals surface area contributed by atoms with Gasteiger partial charge >= 0.3 is 0 Å². The average Bonchev–Trinajstić information content (AvgIpc) is 2.61. The van der Waals surface area contributed by atoms with E-state index in [0.717, 1.165) is 16.6 Å². The molecule has 0 saturated heterocycles. The zero-order chi connectivity index (χ0) is 20.2. The van der Waals surface area contributed by atoms with Gasteiger partial charge < -0.3 is 10.1 Å². The van der Waals surface area contributed by atoms with Crippen molar-refractivity contribution in [2.75, 3.05) is 23.0 Å². The predicted octanol–water partition coefficient (Wildman–Crippen LogP) is 3.67. The lowest BCUT2D eigenvalue weighted by molar-refractivity contribution is -0.117. The van der Waals surface area contributed by atoms with Crippen LogP contribution in [0.5, 0.6) is 5.75 Å². The molecule has 0 aliphatic rings. The molecule has 6 nitrogen and oxygen atoms in total. The molecule has 0 bridgehead atoms. The summed E-state index contributed by atoms with van der Waals surface area (Å²) in [5.74, 6) is -0.662. The third-order valence-electron chi connectivity index (χ3n) is 3.82. The maximum atomic E-state index is 13.5. The fourth-order valence-corrected chi connectivity index (χ4v) is 3.99. The lowest BCUT2D eigenvalue weighted by Gasteiger charge is -2.30. The Morgan fingerprint density at radius 2 is 2.00 bits per heavy atom. The van der Waals surface area contributed by atoms with Gasteiger partial charge in [-0.25, -0.2) is 12.8 Å². The zero-order valence-electron chi connectivity index (χ0n) is 15.1. The van der Waals surface area contributed by atoms with E-state index >= 15 is 0 Å². The molecule has 0 saturated carbocycles. The van der Waals surface area contributed by atoms with Gasteiger partial charge in [0.2, 0.25) is 15.9 Å². The molecule has 1 N–H and O–H groups in total. The number of carbonyl (C=O) groups is 1. The lowest BCUT2D eigenvalue weighted by Crippen LogP contribution is -2.47. The molecule has 0 aliphatic carbocycles. The van der Waals surface area contributed by atoms with Crippen LogP contribution in [0.4, 0.5) is 15.8 Å². The number of carbonyl (C=O) groups excluding carboxylic acids is 1. The topological polar surface area (TPSA) is 75.7 Å². The van der Waals surface area contributed by atoms with Gasteiger partial charge in [-0.05, 0) is 36.8 Å². The van der Waals surface area contributed by atoms with Gasteiger partial charge in [-0.15, -0.1) is 0 Å². The number of sulfonamides is 1. The van der Waals surface area contributed by atoms with Crippen molar-refractivity contribution in [3.63, 3.8) is 0 Å². The Morgan fingerprint density at radius 1 is 1.30 bits per heavy atom. The minimum absolute atomic E-state index is 0.108. The molecule has 2 aromatic rings. The molecule has 1 amide bonds. The molecule has 0 spiro atoms. The number of nitrogens with one attached hydrogen (secondary N) is 1. The van der Waals surface area contributed by atoms with Crippen LogP contribution in [0.15, 0.2) is 42.5 Å². The number of benzene rings is 2. The summed E-state index contributed by atoms with van der Waals surface area (Å²) in [6, 6.07) is 9.15. The Kier molecular flexibility index (Phi) is 6.67. The molecule has 1 atom stereocenters. The first kappa shape index (κ1) is 21.0. The highest BCUT2D eigenvalue weighted by molar-refractivity contribution is 7.92. The Morgan fingerprint density at radius 3 is 2.56 bits per heavy atom. The molecule has 146 valence electrons. The largest absolute Gasteiger partial charge is 0.497 e. The van der Waals surface area contributed by atoms with Gasteiger partial charge in [-0.3, -0.25) is 9.10 Å². The highest BCUT2D eigenvalue weighted by Gasteiger charge is 2.32. The van der Waals surface area contributed by atoms with Crippen molar-refractivity contribution in [1.29, 1.82) is 0 Å². The maximum absolute atomic E-state index is 13.5. The van der Waals surface area contributed by atoms with Crippen LogP contribution in [-0.2, 0) is 14.8 Å². The molecule has 9 heteroatoms. The molecule has 0 aromatic heterocycles. The van der Waals surface area contributed by atoms with E-state index in [1.807, 2.05) is 0 Å². The Bertz CT molecular complexity index is 937. The Labute approximate surface area is 162 Å². The zero-order valence-corrected chi connectivity index (χ0v) is 16.6. The van der Waals surface area contributed by atoms with Gasteiger partial charge in [0.25, 0.3) is 0 Å². The summed E-state index contributed by atoms with van der Waals surface area (Å²) in [7, 11) is -2.34. The highest BCUT2D eigenvalue weighted by atomic mass is 35.5. The van der Waals surface area contributed by atoms with Crippen LogP contribution >= 0.6 is 11.6 Å². The predicted molar refractivity (Wildman–Crippen MR) is 104 cm³/mol. The molecule has 0 fully saturated rings. The Balaban J connectivity index is 2.39. The Hall–Kier alpha value is -2.32. The van der Waals surface area contributed by atoms with Crippen LogP contribution in [0.1, 0.15) is 13.3 Å². The summed E-state index contributed by atoms with van der Waals surface area (Å²) in [4.78, 5) is 12.8. The van der Waals surface area contributed by atoms with E-state index in [0.29, 0.717) is 11.4 Å². The second-order valence-corrected chi connectivity index (χ2v) is 8.07. The van der Waals surface area contributed by atoms with Crippen LogP contribution in [0.3, 0.4) is 0 Å². The fraction of sp³-hybridized carbons (Fsp3) is 0.278. The minimum Gasteiger partial charge on any atom is -0.497 e. The van der Waals surface area contributed by atoms with Gasteiger partial charge in [0.1, 0.15) is 17.6 Å². The summed E-state index contributed by atoms with van der Waals surface area (Å²) in [5, 5.41) is 2.45. The molecule has 0 unspecified atom stereocenters. The normalized spacial score (nSPS) is 12.3. The number of nitrogens with zero attached hydrogens (tertiary/aromatic N) is 1. The van der Waals surface area contributed by atoms with Crippen LogP contribution < -0.4 is 14.4 Å². The van der Waals surface area contributed by atoms with Crippen molar-refractivity contribution in [2.45, 2.75) is 19.4 Å². The van der Waals surface area contributed by atoms with Crippen molar-refractivity contribution in [1.82, 2.24) is 0 Å². The van der Waals surface area contributed by atoms with Crippen LogP contribution in [0, 0.1) is 5.82 Å². The number of rotatable bonds is 7. The fourth-order valence-electron chi connectivity index (χ4n) is 2.61. The van der Waals surface area contributed by atoms with Gasteiger partial charge in [-0.2, -0.15) is 0 Å². The molecule has 0 heterocycles. The number of anilines is 2. The summed E-state index contributed by atoms with van der Waals surface area (Å²) < 4.78 is 44.3. The van der Waals surface area contributed by atoms with E-state index in [1.165, 1.54) is 19.2 Å². The van der Waals surface area contributed by atoms with E-state index in [2.05, 4.69) is 5.32 Å². The number of hydrogen-bond donors (Lipinski definition) is 1. The third kappa shape index (κ3) is 5.11. The van der Waals surface area contributed by atoms with Gasteiger partial charge in [-0.1, -0.05) is 24.6 Å². The van der Waals surface area contributed by atoms with E-state index in [4.69, 9.17) is 16.3 Å². The number of ether oxygens (including phenoxy) is 1. The summed E-state index contributed by atoms with van der Waals surface area (Å²) >= 11 is 5.79. The van der Waals surface area contributed by atoms with E-state index < -0.39 is 27.8 Å². The van der Waals surface area contributed by atoms with Crippen molar-refractivity contribution < 1.29 is 22.3 Å². The van der Waals surface area contributed by atoms with Crippen LogP contribution in [0.25, 0.3) is 0 Å². The van der Waals surface area contributed by atoms with Crippen molar-refractivity contribution in [3.8, 4) is 5.75 Å². The first-order valence-corrected chi connectivity index (χ1v) is 10.3. The smallest absolute Gasteiger partial charge is 0.248 e. The summed E-state index contributed by atoms with van der Waals surface area (Å²) in [6.45, 7) is 1.68. The number of hydrogen-bond acceptors (Lipinski definition) is 4. The monoisotopic (exact) mass is 414 g/mol. The second kappa shape index (κ2) is 8.58. The quantitative estimate of drug-likeness (QED) is 0.750. The average molecular weight is 415 g/mol. The van der Waals surface area contributed by atoms with Gasteiger partial charge in [0, 0.05) is 11.8 Å². The molecule has 0 aliphatic heterocycles. The standard InChI is InChI=1S/C18H20ClFN2O4S/c1-4-17(18(23)21-12-6-5-7-14(10-12)26-2)22(27(3,24)25)13-8-9-16(20)15(19)11-13/h5-11,17H,4H2,1-3H3,(H,21,23)/t17-/m1/s1. The summed E-state index contributed by atoms with van der Waals surface area (Å²) in [5.41, 5.74) is 0.569.